The number of aromatic nitrogens is 5. The van der Waals surface area contributed by atoms with E-state index in [-0.39, 0.29) is 0 Å². The minimum Gasteiger partial charge on any atom is -0.260 e. The highest BCUT2D eigenvalue weighted by atomic mass is 32.2. The molecule has 0 saturated carbocycles. The van der Waals surface area contributed by atoms with Crippen LogP contribution in [0.15, 0.2) is 18.3 Å². The average molecular weight is 263 g/mol. The predicted octanol–water partition coefficient (Wildman–Crippen LogP) is 2.39. The van der Waals surface area contributed by atoms with E-state index in [0.29, 0.717) is 6.04 Å². The summed E-state index contributed by atoms with van der Waals surface area (Å²) in [5.41, 5.74) is 2.36. The Hall–Kier alpha value is -1.43. The summed E-state index contributed by atoms with van der Waals surface area (Å²) in [7, 11) is 0. The van der Waals surface area contributed by atoms with Crippen molar-refractivity contribution >= 4 is 11.8 Å². The maximum absolute atomic E-state index is 4.38. The predicted molar refractivity (Wildman–Crippen MR) is 72.2 cm³/mol. The maximum Gasteiger partial charge on any atom is 0.161 e. The molecule has 0 bridgehead atoms. The Morgan fingerprint density at radius 3 is 2.89 bits per heavy atom. The Morgan fingerprint density at radius 2 is 2.17 bits per heavy atom. The summed E-state index contributed by atoms with van der Waals surface area (Å²) in [6.07, 6.45) is 1.83. The minimum atomic E-state index is 0.298. The lowest BCUT2D eigenvalue weighted by molar-refractivity contribution is 0.501. The molecule has 0 saturated heterocycles. The Kier molecular flexibility index (Phi) is 4.30. The molecule has 0 aliphatic rings. The Balaban J connectivity index is 1.93. The third kappa shape index (κ3) is 3.07. The molecule has 0 radical (unpaired) electrons. The SMILES string of the molecule is Cc1cccnc1CSCc1nnnn1C(C)C. The van der Waals surface area contributed by atoms with Crippen molar-refractivity contribution in [3.8, 4) is 0 Å². The first kappa shape index (κ1) is 13.0. The van der Waals surface area contributed by atoms with Gasteiger partial charge in [0.15, 0.2) is 5.82 Å². The molecular weight excluding hydrogens is 246 g/mol. The lowest BCUT2D eigenvalue weighted by Crippen LogP contribution is -2.07. The van der Waals surface area contributed by atoms with Gasteiger partial charge in [-0.15, -0.1) is 16.9 Å². The zero-order valence-corrected chi connectivity index (χ0v) is 11.7. The largest absolute Gasteiger partial charge is 0.260 e. The third-order valence-corrected chi connectivity index (χ3v) is 3.58. The number of tetrazole rings is 1. The van der Waals surface area contributed by atoms with Crippen molar-refractivity contribution in [2.24, 2.45) is 0 Å². The molecule has 0 aliphatic heterocycles. The molecular formula is C12H17N5S. The van der Waals surface area contributed by atoms with Crippen LogP contribution in [0, 0.1) is 6.92 Å². The van der Waals surface area contributed by atoms with Crippen LogP contribution in [0.5, 0.6) is 0 Å². The number of hydrogen-bond acceptors (Lipinski definition) is 5. The van der Waals surface area contributed by atoms with Crippen molar-refractivity contribution in [3.05, 3.63) is 35.4 Å². The highest BCUT2D eigenvalue weighted by Gasteiger charge is 2.09. The lowest BCUT2D eigenvalue weighted by atomic mass is 10.2. The van der Waals surface area contributed by atoms with Gasteiger partial charge in [0.2, 0.25) is 0 Å². The number of nitrogens with zero attached hydrogens (tertiary/aromatic N) is 5. The van der Waals surface area contributed by atoms with Gasteiger partial charge in [0.05, 0.1) is 17.5 Å². The second-order valence-electron chi connectivity index (χ2n) is 4.39. The topological polar surface area (TPSA) is 56.5 Å². The number of aryl methyl sites for hydroxylation is 1. The molecule has 2 heterocycles. The van der Waals surface area contributed by atoms with E-state index in [9.17, 15) is 0 Å². The van der Waals surface area contributed by atoms with E-state index >= 15 is 0 Å². The molecule has 5 nitrogen and oxygen atoms in total. The zero-order chi connectivity index (χ0) is 13.0. The van der Waals surface area contributed by atoms with Gasteiger partial charge < -0.3 is 0 Å². The first-order valence-electron chi connectivity index (χ1n) is 5.93. The summed E-state index contributed by atoms with van der Waals surface area (Å²) in [5.74, 6) is 2.61. The summed E-state index contributed by atoms with van der Waals surface area (Å²) in [4.78, 5) is 4.38. The average Bonchev–Trinajstić information content (AvgIpc) is 2.80. The number of rotatable bonds is 5. The molecule has 6 heteroatoms. The van der Waals surface area contributed by atoms with Gasteiger partial charge in [0.25, 0.3) is 0 Å². The molecule has 0 fully saturated rings. The molecule has 0 aliphatic carbocycles. The van der Waals surface area contributed by atoms with Crippen LogP contribution in [0.2, 0.25) is 0 Å². The first-order valence-corrected chi connectivity index (χ1v) is 7.09. The van der Waals surface area contributed by atoms with Crippen LogP contribution >= 0.6 is 11.8 Å². The summed E-state index contributed by atoms with van der Waals surface area (Å²) >= 11 is 1.78. The molecule has 18 heavy (non-hydrogen) atoms. The summed E-state index contributed by atoms with van der Waals surface area (Å²) in [5, 5.41) is 11.8. The van der Waals surface area contributed by atoms with E-state index in [4.69, 9.17) is 0 Å². The van der Waals surface area contributed by atoms with Gasteiger partial charge in [0.1, 0.15) is 0 Å². The van der Waals surface area contributed by atoms with E-state index in [1.54, 1.807) is 11.8 Å². The van der Waals surface area contributed by atoms with Crippen LogP contribution in [-0.4, -0.2) is 25.2 Å². The first-order chi connectivity index (χ1) is 8.68. The monoisotopic (exact) mass is 263 g/mol. The second kappa shape index (κ2) is 5.95. The maximum atomic E-state index is 4.38. The quantitative estimate of drug-likeness (QED) is 0.829. The number of pyridine rings is 1. The smallest absolute Gasteiger partial charge is 0.161 e. The molecule has 0 aromatic carbocycles. The van der Waals surface area contributed by atoms with Crippen LogP contribution < -0.4 is 0 Å². The van der Waals surface area contributed by atoms with Gasteiger partial charge in [-0.05, 0) is 42.8 Å². The van der Waals surface area contributed by atoms with Gasteiger partial charge in [-0.2, -0.15) is 0 Å². The molecule has 2 aromatic heterocycles. The fourth-order valence-electron chi connectivity index (χ4n) is 1.62. The second-order valence-corrected chi connectivity index (χ2v) is 5.38. The van der Waals surface area contributed by atoms with Crippen LogP contribution in [0.4, 0.5) is 0 Å². The van der Waals surface area contributed by atoms with Crippen LogP contribution in [-0.2, 0) is 11.5 Å². The molecule has 0 unspecified atom stereocenters. The molecule has 0 N–H and O–H groups in total. The minimum absolute atomic E-state index is 0.298. The summed E-state index contributed by atoms with van der Waals surface area (Å²) < 4.78 is 1.86. The van der Waals surface area contributed by atoms with E-state index in [2.05, 4.69) is 47.3 Å². The van der Waals surface area contributed by atoms with Gasteiger partial charge in [-0.25, -0.2) is 4.68 Å². The van der Waals surface area contributed by atoms with Crippen LogP contribution in [0.1, 0.15) is 37.0 Å². The van der Waals surface area contributed by atoms with Crippen molar-refractivity contribution in [2.75, 3.05) is 0 Å². The number of hydrogen-bond donors (Lipinski definition) is 0. The Bertz CT molecular complexity index is 509. The van der Waals surface area contributed by atoms with Crippen molar-refractivity contribution < 1.29 is 0 Å². The van der Waals surface area contributed by atoms with Gasteiger partial charge in [-0.1, -0.05) is 6.07 Å². The third-order valence-electron chi connectivity index (χ3n) is 2.64. The normalized spacial score (nSPS) is 11.1. The van der Waals surface area contributed by atoms with Crippen molar-refractivity contribution in [3.63, 3.8) is 0 Å². The number of thioether (sulfide) groups is 1. The fraction of sp³-hybridized carbons (Fsp3) is 0.500. The highest BCUT2D eigenvalue weighted by Crippen LogP contribution is 2.18. The molecule has 2 aromatic rings. The zero-order valence-electron chi connectivity index (χ0n) is 10.9. The van der Waals surface area contributed by atoms with E-state index in [1.165, 1.54) is 5.56 Å². The van der Waals surface area contributed by atoms with Crippen LogP contribution in [0.25, 0.3) is 0 Å². The molecule has 0 amide bonds. The van der Waals surface area contributed by atoms with Crippen molar-refractivity contribution in [2.45, 2.75) is 38.3 Å². The van der Waals surface area contributed by atoms with Gasteiger partial charge in [-0.3, -0.25) is 4.98 Å². The molecule has 0 spiro atoms. The Morgan fingerprint density at radius 1 is 1.33 bits per heavy atom. The lowest BCUT2D eigenvalue weighted by Gasteiger charge is -2.07. The Labute approximate surface area is 111 Å². The summed E-state index contributed by atoms with van der Waals surface area (Å²) in [6, 6.07) is 4.34. The van der Waals surface area contributed by atoms with E-state index in [1.807, 2.05) is 16.9 Å². The summed E-state index contributed by atoms with van der Waals surface area (Å²) in [6.45, 7) is 6.24. The highest BCUT2D eigenvalue weighted by molar-refractivity contribution is 7.97. The fourth-order valence-corrected chi connectivity index (χ4v) is 2.59. The van der Waals surface area contributed by atoms with Crippen molar-refractivity contribution in [1.29, 1.82) is 0 Å². The molecule has 2 rings (SSSR count). The molecule has 96 valence electrons. The standard InChI is InChI=1S/C12H17N5S/c1-9(2)17-12(14-15-16-17)8-18-7-11-10(3)5-4-6-13-11/h4-6,9H,7-8H2,1-3H3. The van der Waals surface area contributed by atoms with Gasteiger partial charge in [0, 0.05) is 11.9 Å². The molecule has 0 atom stereocenters. The van der Waals surface area contributed by atoms with E-state index in [0.717, 1.165) is 23.0 Å². The van der Waals surface area contributed by atoms with Crippen LogP contribution in [0.3, 0.4) is 0 Å². The van der Waals surface area contributed by atoms with Gasteiger partial charge >= 0.3 is 0 Å². The van der Waals surface area contributed by atoms with E-state index < -0.39 is 0 Å². The van der Waals surface area contributed by atoms with Crippen molar-refractivity contribution in [1.82, 2.24) is 25.2 Å².